The highest BCUT2D eigenvalue weighted by atomic mass is 79.9. The van der Waals surface area contributed by atoms with Crippen molar-refractivity contribution in [2.75, 3.05) is 10.8 Å². The number of aromatic carboxylic acids is 1. The summed E-state index contributed by atoms with van der Waals surface area (Å²) in [6.45, 7) is 2.02. The summed E-state index contributed by atoms with van der Waals surface area (Å²) >= 11 is 4.91. The van der Waals surface area contributed by atoms with E-state index in [1.165, 1.54) is 39.9 Å². The monoisotopic (exact) mass is 439 g/mol. The van der Waals surface area contributed by atoms with Gasteiger partial charge in [0.15, 0.2) is 0 Å². The molecule has 130 valence electrons. The average Bonchev–Trinajstić information content (AvgIpc) is 2.92. The number of thiophene rings is 1. The Labute approximate surface area is 157 Å². The molecule has 8 heteroatoms. The number of hydrogen-bond donors (Lipinski definition) is 1. The number of rotatable bonds is 5. The fourth-order valence-electron chi connectivity index (χ4n) is 2.48. The molecule has 0 atom stereocenters. The minimum Gasteiger partial charge on any atom is -0.478 e. The van der Waals surface area contributed by atoms with Crippen LogP contribution in [-0.2, 0) is 10.0 Å². The molecule has 1 N–H and O–H groups in total. The van der Waals surface area contributed by atoms with Crippen molar-refractivity contribution in [3.8, 4) is 0 Å². The van der Waals surface area contributed by atoms with Crippen LogP contribution >= 0.6 is 27.3 Å². The van der Waals surface area contributed by atoms with Gasteiger partial charge in [-0.3, -0.25) is 4.31 Å². The standard InChI is InChI=1S/C17H14BrNO4S2/c1-2-19(16-15(18)13-5-3-4-6-14(13)24-16)25(22,23)12-9-7-11(8-10-12)17(20)21/h3-10H,2H2,1H3,(H,20,21). The van der Waals surface area contributed by atoms with Gasteiger partial charge in [-0.25, -0.2) is 13.2 Å². The van der Waals surface area contributed by atoms with E-state index >= 15 is 0 Å². The maximum Gasteiger partial charge on any atom is 0.335 e. The zero-order valence-corrected chi connectivity index (χ0v) is 16.4. The molecule has 5 nitrogen and oxygen atoms in total. The summed E-state index contributed by atoms with van der Waals surface area (Å²) in [5.74, 6) is -1.09. The van der Waals surface area contributed by atoms with Gasteiger partial charge in [0.2, 0.25) is 0 Å². The van der Waals surface area contributed by atoms with E-state index in [9.17, 15) is 13.2 Å². The molecular formula is C17H14BrNO4S2. The zero-order valence-electron chi connectivity index (χ0n) is 13.1. The molecule has 0 radical (unpaired) electrons. The minimum absolute atomic E-state index is 0.0463. The molecule has 0 aliphatic carbocycles. The Balaban J connectivity index is 2.09. The number of carbonyl (C=O) groups is 1. The lowest BCUT2D eigenvalue weighted by atomic mass is 10.2. The van der Waals surface area contributed by atoms with Crippen molar-refractivity contribution in [2.24, 2.45) is 0 Å². The van der Waals surface area contributed by atoms with Crippen molar-refractivity contribution in [1.29, 1.82) is 0 Å². The third kappa shape index (κ3) is 3.17. The Hall–Kier alpha value is -1.90. The maximum absolute atomic E-state index is 13.0. The molecule has 25 heavy (non-hydrogen) atoms. The molecule has 3 rings (SSSR count). The number of nitrogens with zero attached hydrogens (tertiary/aromatic N) is 1. The van der Waals surface area contributed by atoms with Crippen LogP contribution in [0.5, 0.6) is 0 Å². The van der Waals surface area contributed by atoms with Crippen molar-refractivity contribution in [3.63, 3.8) is 0 Å². The Bertz CT molecular complexity index is 1040. The van der Waals surface area contributed by atoms with Gasteiger partial charge >= 0.3 is 5.97 Å². The van der Waals surface area contributed by atoms with Gasteiger partial charge < -0.3 is 5.11 Å². The van der Waals surface area contributed by atoms with Gasteiger partial charge in [0.05, 0.1) is 14.9 Å². The number of fused-ring (bicyclic) bond motifs is 1. The fraction of sp³-hybridized carbons (Fsp3) is 0.118. The first kappa shape index (κ1) is 17.9. The van der Waals surface area contributed by atoms with E-state index in [1.807, 2.05) is 24.3 Å². The van der Waals surface area contributed by atoms with E-state index in [4.69, 9.17) is 5.11 Å². The number of carboxylic acids is 1. The lowest BCUT2D eigenvalue weighted by Gasteiger charge is -2.21. The number of anilines is 1. The molecule has 0 saturated heterocycles. The summed E-state index contributed by atoms with van der Waals surface area (Å²) in [4.78, 5) is 11.0. The smallest absolute Gasteiger partial charge is 0.335 e. The second-order valence-electron chi connectivity index (χ2n) is 5.22. The number of benzene rings is 2. The highest BCUT2D eigenvalue weighted by Gasteiger charge is 2.27. The van der Waals surface area contributed by atoms with Crippen molar-refractivity contribution in [1.82, 2.24) is 0 Å². The molecule has 0 fully saturated rings. The predicted molar refractivity (Wildman–Crippen MR) is 103 cm³/mol. The SMILES string of the molecule is CCN(c1sc2ccccc2c1Br)S(=O)(=O)c1ccc(C(=O)O)cc1. The van der Waals surface area contributed by atoms with Gasteiger partial charge in [-0.05, 0) is 53.2 Å². The van der Waals surface area contributed by atoms with E-state index in [1.54, 1.807) is 6.92 Å². The van der Waals surface area contributed by atoms with Crippen LogP contribution in [0.2, 0.25) is 0 Å². The lowest BCUT2D eigenvalue weighted by molar-refractivity contribution is 0.0696. The lowest BCUT2D eigenvalue weighted by Crippen LogP contribution is -2.30. The summed E-state index contributed by atoms with van der Waals surface area (Å²) in [5, 5.41) is 10.5. The first-order valence-electron chi connectivity index (χ1n) is 7.39. The first-order valence-corrected chi connectivity index (χ1v) is 10.4. The normalized spacial score (nSPS) is 11.6. The molecule has 0 aliphatic heterocycles. The van der Waals surface area contributed by atoms with Gasteiger partial charge in [-0.15, -0.1) is 11.3 Å². The minimum atomic E-state index is -3.80. The quantitative estimate of drug-likeness (QED) is 0.631. The van der Waals surface area contributed by atoms with E-state index in [0.29, 0.717) is 5.00 Å². The van der Waals surface area contributed by atoms with Gasteiger partial charge in [0.25, 0.3) is 10.0 Å². The summed E-state index contributed by atoms with van der Waals surface area (Å²) in [6, 6.07) is 12.9. The maximum atomic E-state index is 13.0. The Morgan fingerprint density at radius 1 is 1.16 bits per heavy atom. The summed E-state index contributed by atoms with van der Waals surface area (Å²) in [5.41, 5.74) is 0.0463. The molecule has 0 aliphatic rings. The Morgan fingerprint density at radius 2 is 1.80 bits per heavy atom. The summed E-state index contributed by atoms with van der Waals surface area (Å²) in [7, 11) is -3.80. The number of carboxylic acid groups (broad SMARTS) is 1. The van der Waals surface area contributed by atoms with E-state index in [0.717, 1.165) is 14.6 Å². The molecular weight excluding hydrogens is 426 g/mol. The molecule has 0 unspecified atom stereocenters. The Morgan fingerprint density at radius 3 is 2.36 bits per heavy atom. The van der Waals surface area contributed by atoms with Crippen molar-refractivity contribution >= 4 is 58.3 Å². The van der Waals surface area contributed by atoms with Crippen molar-refractivity contribution in [2.45, 2.75) is 11.8 Å². The van der Waals surface area contributed by atoms with E-state index in [-0.39, 0.29) is 17.0 Å². The van der Waals surface area contributed by atoms with Crippen LogP contribution in [0, 0.1) is 0 Å². The molecule has 0 saturated carbocycles. The van der Waals surface area contributed by atoms with E-state index < -0.39 is 16.0 Å². The van der Waals surface area contributed by atoms with Crippen LogP contribution in [0.25, 0.3) is 10.1 Å². The highest BCUT2D eigenvalue weighted by Crippen LogP contribution is 2.43. The first-order chi connectivity index (χ1) is 11.9. The van der Waals surface area contributed by atoms with Crippen LogP contribution in [-0.4, -0.2) is 26.0 Å². The average molecular weight is 440 g/mol. The number of halogens is 1. The molecule has 1 aromatic heterocycles. The van der Waals surface area contributed by atoms with Crippen molar-refractivity contribution in [3.05, 3.63) is 58.6 Å². The van der Waals surface area contributed by atoms with Gasteiger partial charge in [-0.2, -0.15) is 0 Å². The summed E-state index contributed by atoms with van der Waals surface area (Å²) in [6.07, 6.45) is 0. The highest BCUT2D eigenvalue weighted by molar-refractivity contribution is 9.10. The topological polar surface area (TPSA) is 74.7 Å². The Kier molecular flexibility index (Phi) is 4.86. The second-order valence-corrected chi connectivity index (χ2v) is 8.90. The molecule has 1 heterocycles. The number of sulfonamides is 1. The summed E-state index contributed by atoms with van der Waals surface area (Å²) < 4.78 is 29.1. The van der Waals surface area contributed by atoms with Crippen LogP contribution in [0.4, 0.5) is 5.00 Å². The van der Waals surface area contributed by atoms with Crippen LogP contribution in [0.15, 0.2) is 57.9 Å². The molecule has 0 bridgehead atoms. The number of hydrogen-bond acceptors (Lipinski definition) is 4. The largest absolute Gasteiger partial charge is 0.478 e. The second kappa shape index (κ2) is 6.78. The van der Waals surface area contributed by atoms with Crippen LogP contribution in [0.3, 0.4) is 0 Å². The van der Waals surface area contributed by atoms with Crippen LogP contribution in [0.1, 0.15) is 17.3 Å². The zero-order chi connectivity index (χ0) is 18.2. The molecule has 2 aromatic carbocycles. The molecule has 0 amide bonds. The molecule has 3 aromatic rings. The van der Waals surface area contributed by atoms with Gasteiger partial charge in [-0.1, -0.05) is 18.2 Å². The van der Waals surface area contributed by atoms with Crippen molar-refractivity contribution < 1.29 is 18.3 Å². The third-order valence-corrected chi connectivity index (χ3v) is 7.98. The van der Waals surface area contributed by atoms with E-state index in [2.05, 4.69) is 15.9 Å². The third-order valence-electron chi connectivity index (χ3n) is 3.72. The van der Waals surface area contributed by atoms with Gasteiger partial charge in [0.1, 0.15) is 5.00 Å². The fourth-order valence-corrected chi connectivity index (χ4v) is 6.39. The molecule has 0 spiro atoms. The van der Waals surface area contributed by atoms with Gasteiger partial charge in [0, 0.05) is 16.6 Å². The predicted octanol–water partition coefficient (Wildman–Crippen LogP) is 4.58. The van der Waals surface area contributed by atoms with Crippen LogP contribution < -0.4 is 4.31 Å².